The number of rotatable bonds is 7. The first kappa shape index (κ1) is 18.1. The summed E-state index contributed by atoms with van der Waals surface area (Å²) >= 11 is 0. The number of carboxylic acids is 1. The lowest BCUT2D eigenvalue weighted by Crippen LogP contribution is -2.30. The number of hydrogen-bond acceptors (Lipinski definition) is 5. The SMILES string of the molecule is O=C(O)C(C1CCCC1)[C@H](Cc1ccc(C2CCNC2)cc1)c1nn[nH]n1. The zero-order valence-corrected chi connectivity index (χ0v) is 15.5. The van der Waals surface area contributed by atoms with Crippen LogP contribution in [0.25, 0.3) is 0 Å². The normalized spacial score (nSPS) is 22.7. The van der Waals surface area contributed by atoms with Crippen LogP contribution in [0, 0.1) is 11.8 Å². The average Bonchev–Trinajstić information content (AvgIpc) is 3.43. The van der Waals surface area contributed by atoms with Crippen LogP contribution < -0.4 is 5.32 Å². The first-order valence-corrected chi connectivity index (χ1v) is 9.98. The van der Waals surface area contributed by atoms with Gasteiger partial charge in [0.2, 0.25) is 0 Å². The summed E-state index contributed by atoms with van der Waals surface area (Å²) in [4.78, 5) is 12.1. The van der Waals surface area contributed by atoms with Gasteiger partial charge in [-0.2, -0.15) is 5.21 Å². The Balaban J connectivity index is 1.56. The van der Waals surface area contributed by atoms with E-state index in [-0.39, 0.29) is 11.8 Å². The Morgan fingerprint density at radius 3 is 2.56 bits per heavy atom. The second-order valence-electron chi connectivity index (χ2n) is 7.92. The third kappa shape index (κ3) is 4.03. The van der Waals surface area contributed by atoms with Crippen molar-refractivity contribution < 1.29 is 9.90 Å². The van der Waals surface area contributed by atoms with Crippen molar-refractivity contribution in [1.29, 1.82) is 0 Å². The van der Waals surface area contributed by atoms with Crippen molar-refractivity contribution in [1.82, 2.24) is 25.9 Å². The Morgan fingerprint density at radius 1 is 1.19 bits per heavy atom. The highest BCUT2D eigenvalue weighted by Gasteiger charge is 2.39. The van der Waals surface area contributed by atoms with E-state index in [0.717, 1.165) is 44.3 Å². The summed E-state index contributed by atoms with van der Waals surface area (Å²) in [7, 11) is 0. The molecule has 1 aliphatic carbocycles. The van der Waals surface area contributed by atoms with E-state index in [9.17, 15) is 9.90 Å². The van der Waals surface area contributed by atoms with Gasteiger partial charge in [-0.3, -0.25) is 4.79 Å². The molecule has 144 valence electrons. The van der Waals surface area contributed by atoms with E-state index >= 15 is 0 Å². The van der Waals surface area contributed by atoms with E-state index in [4.69, 9.17) is 0 Å². The van der Waals surface area contributed by atoms with E-state index in [2.05, 4.69) is 50.2 Å². The summed E-state index contributed by atoms with van der Waals surface area (Å²) in [5.41, 5.74) is 2.48. The highest BCUT2D eigenvalue weighted by molar-refractivity contribution is 5.71. The van der Waals surface area contributed by atoms with Crippen molar-refractivity contribution in [3.05, 3.63) is 41.2 Å². The molecule has 1 saturated heterocycles. The maximum atomic E-state index is 12.1. The Morgan fingerprint density at radius 2 is 1.96 bits per heavy atom. The maximum Gasteiger partial charge on any atom is 0.307 e. The van der Waals surface area contributed by atoms with Crippen LogP contribution >= 0.6 is 0 Å². The first-order valence-electron chi connectivity index (χ1n) is 9.98. The standard InChI is InChI=1S/C20H27N5O2/c26-20(27)18(15-3-1-2-4-15)17(19-22-24-25-23-19)11-13-5-7-14(8-6-13)16-9-10-21-12-16/h5-8,15-18,21H,1-4,9-12H2,(H,26,27)(H,22,23,24,25)/t16?,17-,18?/m0/s1. The number of aromatic nitrogens is 4. The summed E-state index contributed by atoms with van der Waals surface area (Å²) in [5, 5.41) is 27.9. The molecule has 1 aromatic carbocycles. The van der Waals surface area contributed by atoms with Crippen molar-refractivity contribution in [2.75, 3.05) is 13.1 Å². The molecule has 7 nitrogen and oxygen atoms in total. The molecule has 0 radical (unpaired) electrons. The van der Waals surface area contributed by atoms with E-state index in [1.807, 2.05) is 0 Å². The van der Waals surface area contributed by atoms with Crippen LogP contribution in [0.4, 0.5) is 0 Å². The van der Waals surface area contributed by atoms with E-state index in [0.29, 0.717) is 18.2 Å². The van der Waals surface area contributed by atoms with Crippen LogP contribution in [-0.4, -0.2) is 44.8 Å². The zero-order chi connectivity index (χ0) is 18.6. The maximum absolute atomic E-state index is 12.1. The number of H-pyrrole nitrogens is 1. The van der Waals surface area contributed by atoms with Gasteiger partial charge < -0.3 is 10.4 Å². The zero-order valence-electron chi connectivity index (χ0n) is 15.5. The summed E-state index contributed by atoms with van der Waals surface area (Å²) < 4.78 is 0. The topological polar surface area (TPSA) is 104 Å². The van der Waals surface area contributed by atoms with Crippen molar-refractivity contribution >= 4 is 5.97 Å². The van der Waals surface area contributed by atoms with Crippen LogP contribution in [0.5, 0.6) is 0 Å². The number of aromatic amines is 1. The molecule has 1 saturated carbocycles. The fraction of sp³-hybridized carbons (Fsp3) is 0.600. The number of carboxylic acid groups (broad SMARTS) is 1. The van der Waals surface area contributed by atoms with Gasteiger partial charge in [-0.1, -0.05) is 42.3 Å². The van der Waals surface area contributed by atoms with E-state index < -0.39 is 11.9 Å². The number of nitrogens with one attached hydrogen (secondary N) is 2. The van der Waals surface area contributed by atoms with Crippen LogP contribution in [0.15, 0.2) is 24.3 Å². The van der Waals surface area contributed by atoms with Gasteiger partial charge in [-0.15, -0.1) is 10.2 Å². The predicted molar refractivity (Wildman–Crippen MR) is 100 cm³/mol. The van der Waals surface area contributed by atoms with Gasteiger partial charge in [0.25, 0.3) is 0 Å². The lowest BCUT2D eigenvalue weighted by molar-refractivity contribution is -0.144. The molecule has 0 bridgehead atoms. The lowest BCUT2D eigenvalue weighted by Gasteiger charge is -2.26. The van der Waals surface area contributed by atoms with Crippen molar-refractivity contribution in [2.24, 2.45) is 11.8 Å². The third-order valence-electron chi connectivity index (χ3n) is 6.29. The second-order valence-corrected chi connectivity index (χ2v) is 7.92. The largest absolute Gasteiger partial charge is 0.481 e. The molecule has 27 heavy (non-hydrogen) atoms. The van der Waals surface area contributed by atoms with E-state index in [1.165, 1.54) is 12.0 Å². The molecule has 0 amide bonds. The molecule has 1 aromatic heterocycles. The van der Waals surface area contributed by atoms with Gasteiger partial charge in [-0.25, -0.2) is 0 Å². The monoisotopic (exact) mass is 369 g/mol. The van der Waals surface area contributed by atoms with Crippen molar-refractivity contribution in [2.45, 2.75) is 50.4 Å². The minimum Gasteiger partial charge on any atom is -0.481 e. The Bertz CT molecular complexity index is 734. The fourth-order valence-electron chi connectivity index (χ4n) is 4.84. The Labute approximate surface area is 159 Å². The molecular formula is C20H27N5O2. The third-order valence-corrected chi connectivity index (χ3v) is 6.29. The van der Waals surface area contributed by atoms with E-state index in [1.54, 1.807) is 0 Å². The number of tetrazole rings is 1. The molecule has 2 unspecified atom stereocenters. The van der Waals surface area contributed by atoms with Gasteiger partial charge in [0, 0.05) is 12.5 Å². The molecule has 2 heterocycles. The fourth-order valence-corrected chi connectivity index (χ4v) is 4.84. The molecule has 2 fully saturated rings. The number of aliphatic carboxylic acids is 1. The summed E-state index contributed by atoms with van der Waals surface area (Å²) in [6.07, 6.45) is 5.96. The van der Waals surface area contributed by atoms with Crippen molar-refractivity contribution in [3.8, 4) is 0 Å². The molecule has 3 atom stereocenters. The predicted octanol–water partition coefficient (Wildman–Crippen LogP) is 2.49. The number of nitrogens with zero attached hydrogens (tertiary/aromatic N) is 3. The molecule has 0 spiro atoms. The van der Waals surface area contributed by atoms with Crippen LogP contribution in [0.1, 0.15) is 60.9 Å². The molecule has 2 aromatic rings. The molecule has 4 rings (SSSR count). The minimum atomic E-state index is -0.745. The number of hydrogen-bond donors (Lipinski definition) is 3. The first-order chi connectivity index (χ1) is 13.2. The van der Waals surface area contributed by atoms with Crippen LogP contribution in [0.3, 0.4) is 0 Å². The van der Waals surface area contributed by atoms with Crippen LogP contribution in [-0.2, 0) is 11.2 Å². The summed E-state index contributed by atoms with van der Waals surface area (Å²) in [6.45, 7) is 2.11. The quantitative estimate of drug-likeness (QED) is 0.693. The Hall–Kier alpha value is -2.28. The van der Waals surface area contributed by atoms with Gasteiger partial charge in [0.05, 0.1) is 5.92 Å². The van der Waals surface area contributed by atoms with Gasteiger partial charge in [0.15, 0.2) is 5.82 Å². The molecule has 3 N–H and O–H groups in total. The summed E-state index contributed by atoms with van der Waals surface area (Å²) in [5.74, 6) is -0.192. The second kappa shape index (κ2) is 8.17. The lowest BCUT2D eigenvalue weighted by atomic mass is 9.77. The molecule has 7 heteroatoms. The molecular weight excluding hydrogens is 342 g/mol. The van der Waals surface area contributed by atoms with Gasteiger partial charge in [0.1, 0.15) is 0 Å². The molecule has 1 aliphatic heterocycles. The van der Waals surface area contributed by atoms with Gasteiger partial charge in [-0.05, 0) is 55.2 Å². The van der Waals surface area contributed by atoms with Gasteiger partial charge >= 0.3 is 5.97 Å². The smallest absolute Gasteiger partial charge is 0.307 e. The Kier molecular flexibility index (Phi) is 5.48. The molecule has 2 aliphatic rings. The summed E-state index contributed by atoms with van der Waals surface area (Å²) in [6, 6.07) is 8.64. The average molecular weight is 369 g/mol. The number of benzene rings is 1. The highest BCUT2D eigenvalue weighted by Crippen LogP contribution is 2.40. The highest BCUT2D eigenvalue weighted by atomic mass is 16.4. The number of carbonyl (C=O) groups is 1. The minimum absolute atomic E-state index is 0.190. The van der Waals surface area contributed by atoms with Crippen LogP contribution in [0.2, 0.25) is 0 Å². The van der Waals surface area contributed by atoms with Crippen molar-refractivity contribution in [3.63, 3.8) is 0 Å².